The summed E-state index contributed by atoms with van der Waals surface area (Å²) in [7, 11) is -3.85. The summed E-state index contributed by atoms with van der Waals surface area (Å²) < 4.78 is 27.5. The van der Waals surface area contributed by atoms with E-state index in [0.29, 0.717) is 5.69 Å². The fourth-order valence-electron chi connectivity index (χ4n) is 1.65. The lowest BCUT2D eigenvalue weighted by Crippen LogP contribution is -2.13. The lowest BCUT2D eigenvalue weighted by Gasteiger charge is -2.08. The Hall–Kier alpha value is -2.00. The van der Waals surface area contributed by atoms with Gasteiger partial charge in [-0.2, -0.15) is 0 Å². The summed E-state index contributed by atoms with van der Waals surface area (Å²) in [4.78, 5) is 13.2. The average molecular weight is 372 g/mol. The van der Waals surface area contributed by atoms with Crippen molar-refractivity contribution < 1.29 is 13.3 Å². The molecule has 0 aliphatic carbocycles. The van der Waals surface area contributed by atoms with Crippen LogP contribution in [0.25, 0.3) is 0 Å². The molecule has 110 valence electrons. The van der Waals surface area contributed by atoms with Gasteiger partial charge in [-0.1, -0.05) is 15.9 Å². The van der Waals surface area contributed by atoms with Crippen LogP contribution in [0.4, 0.5) is 11.5 Å². The Morgan fingerprint density at radius 2 is 2.00 bits per heavy atom. The van der Waals surface area contributed by atoms with Crippen molar-refractivity contribution >= 4 is 37.5 Å². The Labute approximate surface area is 129 Å². The molecule has 2 rings (SSSR count). The molecule has 1 N–H and O–H groups in total. The topological polar surface area (TPSA) is 102 Å². The number of nitrogens with zero attached hydrogens (tertiary/aromatic N) is 2. The number of aromatic nitrogens is 1. The molecule has 1 aromatic carbocycles. The summed E-state index contributed by atoms with van der Waals surface area (Å²) in [5.74, 6) is -0.410. The summed E-state index contributed by atoms with van der Waals surface area (Å²) in [6.45, 7) is 1.83. The number of rotatable bonds is 4. The Morgan fingerprint density at radius 1 is 1.29 bits per heavy atom. The van der Waals surface area contributed by atoms with Gasteiger partial charge in [-0.3, -0.25) is 4.72 Å². The largest absolute Gasteiger partial charge is 0.363 e. The van der Waals surface area contributed by atoms with Gasteiger partial charge < -0.3 is 10.1 Å². The van der Waals surface area contributed by atoms with Crippen molar-refractivity contribution in [2.24, 2.45) is 0 Å². The van der Waals surface area contributed by atoms with Gasteiger partial charge in [-0.25, -0.2) is 8.42 Å². The highest BCUT2D eigenvalue weighted by Crippen LogP contribution is 2.22. The molecule has 7 nitrogen and oxygen atoms in total. The highest BCUT2D eigenvalue weighted by atomic mass is 79.9. The molecular formula is C12H10BrN3O4S. The highest BCUT2D eigenvalue weighted by molar-refractivity contribution is 9.10. The Morgan fingerprint density at radius 3 is 2.52 bits per heavy atom. The molecule has 1 heterocycles. The standard InChI is InChI=1S/C12H10BrN3O4S/c1-8-4-9(13)6-10(5-8)15-21(19,20)11-2-3-12(14-7-11)16(17)18/h2-7,15H,1H3. The van der Waals surface area contributed by atoms with Crippen LogP contribution in [-0.4, -0.2) is 18.3 Å². The van der Waals surface area contributed by atoms with E-state index in [-0.39, 0.29) is 4.90 Å². The maximum Gasteiger partial charge on any atom is 0.363 e. The molecule has 0 radical (unpaired) electrons. The third-order valence-corrected chi connectivity index (χ3v) is 4.34. The number of nitrogens with one attached hydrogen (secondary N) is 1. The van der Waals surface area contributed by atoms with Gasteiger partial charge in [0.1, 0.15) is 4.90 Å². The molecule has 0 saturated heterocycles. The third-order valence-electron chi connectivity index (χ3n) is 2.51. The van der Waals surface area contributed by atoms with Gasteiger partial charge in [0.15, 0.2) is 6.20 Å². The van der Waals surface area contributed by atoms with Crippen molar-refractivity contribution in [3.63, 3.8) is 0 Å². The van der Waals surface area contributed by atoms with E-state index in [1.165, 1.54) is 0 Å². The summed E-state index contributed by atoms with van der Waals surface area (Å²) in [5.41, 5.74) is 1.27. The zero-order valence-corrected chi connectivity index (χ0v) is 13.2. The van der Waals surface area contributed by atoms with Crippen LogP contribution in [0.3, 0.4) is 0 Å². The summed E-state index contributed by atoms with van der Waals surface area (Å²) >= 11 is 3.28. The van der Waals surface area contributed by atoms with Crippen LogP contribution in [0.15, 0.2) is 45.9 Å². The highest BCUT2D eigenvalue weighted by Gasteiger charge is 2.18. The molecule has 0 unspecified atom stereocenters. The Balaban J connectivity index is 2.31. The first-order chi connectivity index (χ1) is 9.78. The molecule has 0 saturated carbocycles. The predicted molar refractivity (Wildman–Crippen MR) is 80.6 cm³/mol. The van der Waals surface area contributed by atoms with Crippen LogP contribution < -0.4 is 4.72 Å². The van der Waals surface area contributed by atoms with Crippen molar-refractivity contribution in [1.29, 1.82) is 0 Å². The molecule has 0 amide bonds. The van der Waals surface area contributed by atoms with Crippen molar-refractivity contribution in [3.05, 3.63) is 56.7 Å². The lowest BCUT2D eigenvalue weighted by molar-refractivity contribution is -0.389. The Bertz CT molecular complexity index is 770. The molecule has 0 atom stereocenters. The number of halogens is 1. The maximum absolute atomic E-state index is 12.2. The van der Waals surface area contributed by atoms with E-state index in [4.69, 9.17) is 0 Å². The SMILES string of the molecule is Cc1cc(Br)cc(NS(=O)(=O)c2ccc([N+](=O)[O-])nc2)c1. The number of hydrogen-bond donors (Lipinski definition) is 1. The van der Waals surface area contributed by atoms with E-state index in [1.54, 1.807) is 12.1 Å². The van der Waals surface area contributed by atoms with Crippen molar-refractivity contribution in [1.82, 2.24) is 4.98 Å². The van der Waals surface area contributed by atoms with E-state index in [1.807, 2.05) is 13.0 Å². The van der Waals surface area contributed by atoms with Gasteiger partial charge in [0.05, 0.1) is 5.69 Å². The van der Waals surface area contributed by atoms with Crippen molar-refractivity contribution in [3.8, 4) is 0 Å². The van der Waals surface area contributed by atoms with Crippen molar-refractivity contribution in [2.45, 2.75) is 11.8 Å². The van der Waals surface area contributed by atoms with Gasteiger partial charge in [0.25, 0.3) is 10.0 Å². The fraction of sp³-hybridized carbons (Fsp3) is 0.0833. The molecule has 0 fully saturated rings. The van der Waals surface area contributed by atoms with Crippen LogP contribution in [0.2, 0.25) is 0 Å². The van der Waals surface area contributed by atoms with Crippen LogP contribution in [-0.2, 0) is 10.0 Å². The second kappa shape index (κ2) is 5.78. The minimum Gasteiger partial charge on any atom is -0.358 e. The minimum atomic E-state index is -3.85. The normalized spacial score (nSPS) is 11.1. The zero-order chi connectivity index (χ0) is 15.6. The molecule has 2 aromatic rings. The number of aryl methyl sites for hydroxylation is 1. The van der Waals surface area contributed by atoms with E-state index >= 15 is 0 Å². The molecule has 21 heavy (non-hydrogen) atoms. The molecule has 0 bridgehead atoms. The first-order valence-corrected chi connectivity index (χ1v) is 7.96. The van der Waals surface area contributed by atoms with Gasteiger partial charge >= 0.3 is 5.82 Å². The van der Waals surface area contributed by atoms with Gasteiger partial charge in [-0.05, 0) is 46.7 Å². The first-order valence-electron chi connectivity index (χ1n) is 5.68. The maximum atomic E-state index is 12.2. The van der Waals surface area contributed by atoms with Crippen LogP contribution in [0.1, 0.15) is 5.56 Å². The molecular weight excluding hydrogens is 362 g/mol. The smallest absolute Gasteiger partial charge is 0.358 e. The second-order valence-electron chi connectivity index (χ2n) is 4.23. The summed E-state index contributed by atoms with van der Waals surface area (Å²) in [5, 5.41) is 10.5. The predicted octanol–water partition coefficient (Wildman–Crippen LogP) is 2.86. The van der Waals surface area contributed by atoms with Gasteiger partial charge in [-0.15, -0.1) is 0 Å². The second-order valence-corrected chi connectivity index (χ2v) is 6.83. The van der Waals surface area contributed by atoms with E-state index in [2.05, 4.69) is 25.6 Å². The van der Waals surface area contributed by atoms with E-state index in [9.17, 15) is 18.5 Å². The summed E-state index contributed by atoms with van der Waals surface area (Å²) in [6, 6.07) is 7.30. The van der Waals surface area contributed by atoms with E-state index < -0.39 is 20.8 Å². The molecule has 9 heteroatoms. The lowest BCUT2D eigenvalue weighted by atomic mass is 10.2. The third kappa shape index (κ3) is 3.76. The minimum absolute atomic E-state index is 0.147. The number of hydrogen-bond acceptors (Lipinski definition) is 5. The van der Waals surface area contributed by atoms with Crippen LogP contribution in [0, 0.1) is 17.0 Å². The fourth-order valence-corrected chi connectivity index (χ4v) is 3.24. The van der Waals surface area contributed by atoms with Crippen LogP contribution >= 0.6 is 15.9 Å². The van der Waals surface area contributed by atoms with Crippen LogP contribution in [0.5, 0.6) is 0 Å². The summed E-state index contributed by atoms with van der Waals surface area (Å²) in [6.07, 6.45) is 0.950. The molecule has 0 aliphatic heterocycles. The van der Waals surface area contributed by atoms with Crippen molar-refractivity contribution in [2.75, 3.05) is 4.72 Å². The Kier molecular flexibility index (Phi) is 4.24. The average Bonchev–Trinajstić information content (AvgIpc) is 2.37. The number of nitro groups is 1. The van der Waals surface area contributed by atoms with Gasteiger partial charge in [0.2, 0.25) is 0 Å². The monoisotopic (exact) mass is 371 g/mol. The molecule has 0 aliphatic rings. The first kappa shape index (κ1) is 15.4. The van der Waals surface area contributed by atoms with Gasteiger partial charge in [0, 0.05) is 10.5 Å². The number of pyridine rings is 1. The number of sulfonamides is 1. The zero-order valence-electron chi connectivity index (χ0n) is 10.8. The quantitative estimate of drug-likeness (QED) is 0.657. The molecule has 0 spiro atoms. The number of benzene rings is 1. The number of anilines is 1. The molecule has 1 aromatic heterocycles. The van der Waals surface area contributed by atoms with E-state index in [0.717, 1.165) is 28.4 Å².